The van der Waals surface area contributed by atoms with E-state index in [0.717, 1.165) is 31.6 Å². The third-order valence-corrected chi connectivity index (χ3v) is 4.93. The van der Waals surface area contributed by atoms with E-state index in [1.807, 2.05) is 30.3 Å². The van der Waals surface area contributed by atoms with Gasteiger partial charge >= 0.3 is 0 Å². The van der Waals surface area contributed by atoms with Gasteiger partial charge < -0.3 is 9.84 Å². The van der Waals surface area contributed by atoms with Crippen molar-refractivity contribution in [1.82, 2.24) is 15.0 Å². The summed E-state index contributed by atoms with van der Waals surface area (Å²) in [7, 11) is 0. The van der Waals surface area contributed by atoms with Crippen molar-refractivity contribution < 1.29 is 13.7 Å². The minimum Gasteiger partial charge on any atom is -0.338 e. The summed E-state index contributed by atoms with van der Waals surface area (Å²) in [6, 6.07) is 15.5. The first-order chi connectivity index (χ1) is 13.7. The molecule has 1 aliphatic rings. The molecule has 1 N–H and O–H groups in total. The third kappa shape index (κ3) is 4.43. The van der Waals surface area contributed by atoms with Crippen LogP contribution in [0.5, 0.6) is 0 Å². The van der Waals surface area contributed by atoms with Gasteiger partial charge in [-0.25, -0.2) is 4.39 Å². The van der Waals surface area contributed by atoms with Gasteiger partial charge in [-0.2, -0.15) is 4.98 Å². The summed E-state index contributed by atoms with van der Waals surface area (Å²) >= 11 is 0. The summed E-state index contributed by atoms with van der Waals surface area (Å²) < 4.78 is 18.4. The Labute approximate surface area is 162 Å². The van der Waals surface area contributed by atoms with Crippen LogP contribution in [-0.4, -0.2) is 34.0 Å². The van der Waals surface area contributed by atoms with E-state index in [-0.39, 0.29) is 17.6 Å². The molecule has 144 valence electrons. The van der Waals surface area contributed by atoms with Crippen molar-refractivity contribution in [3.8, 4) is 11.4 Å². The van der Waals surface area contributed by atoms with Crippen LogP contribution in [0.1, 0.15) is 18.7 Å². The van der Waals surface area contributed by atoms with Gasteiger partial charge in [0.25, 0.3) is 0 Å². The summed E-state index contributed by atoms with van der Waals surface area (Å²) in [5.41, 5.74) is 1.54. The molecule has 6 nitrogen and oxygen atoms in total. The topological polar surface area (TPSA) is 71.3 Å². The molecular weight excluding hydrogens is 359 g/mol. The molecule has 1 fully saturated rings. The van der Waals surface area contributed by atoms with Crippen molar-refractivity contribution in [2.75, 3.05) is 18.4 Å². The number of anilines is 1. The lowest BCUT2D eigenvalue weighted by atomic mass is 9.96. The van der Waals surface area contributed by atoms with Crippen LogP contribution in [0.2, 0.25) is 0 Å². The van der Waals surface area contributed by atoms with Crippen molar-refractivity contribution >= 4 is 11.6 Å². The summed E-state index contributed by atoms with van der Waals surface area (Å²) in [5.74, 6) is 0.751. The number of aromatic nitrogens is 2. The second-order valence-corrected chi connectivity index (χ2v) is 6.92. The first-order valence-electron chi connectivity index (χ1n) is 9.34. The number of carbonyl (C=O) groups is 1. The standard InChI is InChI=1S/C21H21FN4O2/c22-17-8-6-15(7-9-17)20-24-19(28-25-20)14-26-12-10-16(11-13-26)21(27)23-18-4-2-1-3-5-18/h1-9,16H,10-14H2,(H,23,27). The van der Waals surface area contributed by atoms with Crippen LogP contribution in [0.3, 0.4) is 0 Å². The van der Waals surface area contributed by atoms with E-state index in [1.54, 1.807) is 12.1 Å². The number of rotatable bonds is 5. The Kier molecular flexibility index (Phi) is 5.43. The fraction of sp³-hybridized carbons (Fsp3) is 0.286. The Hall–Kier alpha value is -3.06. The lowest BCUT2D eigenvalue weighted by Gasteiger charge is -2.30. The van der Waals surface area contributed by atoms with E-state index in [1.165, 1.54) is 12.1 Å². The maximum absolute atomic E-state index is 13.0. The highest BCUT2D eigenvalue weighted by molar-refractivity contribution is 5.92. The summed E-state index contributed by atoms with van der Waals surface area (Å²) in [5, 5.41) is 6.95. The van der Waals surface area contributed by atoms with Crippen molar-refractivity contribution in [2.45, 2.75) is 19.4 Å². The molecule has 0 bridgehead atoms. The van der Waals surface area contributed by atoms with Gasteiger partial charge in [-0.1, -0.05) is 23.4 Å². The normalized spacial score (nSPS) is 15.5. The second-order valence-electron chi connectivity index (χ2n) is 6.92. The van der Waals surface area contributed by atoms with Crippen LogP contribution in [0, 0.1) is 11.7 Å². The van der Waals surface area contributed by atoms with Gasteiger partial charge in [0.2, 0.25) is 17.6 Å². The number of hydrogen-bond donors (Lipinski definition) is 1. The first kappa shape index (κ1) is 18.3. The third-order valence-electron chi connectivity index (χ3n) is 4.93. The molecule has 2 heterocycles. The van der Waals surface area contributed by atoms with Gasteiger partial charge in [-0.15, -0.1) is 0 Å². The number of halogens is 1. The van der Waals surface area contributed by atoms with Gasteiger partial charge in [0.05, 0.1) is 6.54 Å². The number of carbonyl (C=O) groups excluding carboxylic acids is 1. The zero-order valence-electron chi connectivity index (χ0n) is 15.3. The molecule has 0 spiro atoms. The maximum atomic E-state index is 13.0. The van der Waals surface area contributed by atoms with Crippen molar-refractivity contribution in [1.29, 1.82) is 0 Å². The van der Waals surface area contributed by atoms with Crippen LogP contribution in [0.15, 0.2) is 59.1 Å². The Morgan fingerprint density at radius 3 is 2.54 bits per heavy atom. The maximum Gasteiger partial charge on any atom is 0.241 e. The molecule has 2 aromatic carbocycles. The zero-order valence-corrected chi connectivity index (χ0v) is 15.3. The molecular formula is C21H21FN4O2. The lowest BCUT2D eigenvalue weighted by molar-refractivity contribution is -0.121. The molecule has 0 aliphatic carbocycles. The van der Waals surface area contributed by atoms with E-state index in [2.05, 4.69) is 20.4 Å². The van der Waals surface area contributed by atoms with Crippen molar-refractivity contribution in [3.05, 3.63) is 66.3 Å². The first-order valence-corrected chi connectivity index (χ1v) is 9.34. The molecule has 1 aliphatic heterocycles. The number of piperidine rings is 1. The number of amides is 1. The molecule has 1 amide bonds. The highest BCUT2D eigenvalue weighted by Gasteiger charge is 2.26. The highest BCUT2D eigenvalue weighted by Crippen LogP contribution is 2.22. The van der Waals surface area contributed by atoms with Gasteiger partial charge in [0, 0.05) is 17.2 Å². The molecule has 0 atom stereocenters. The minimum absolute atomic E-state index is 0.00826. The quantitative estimate of drug-likeness (QED) is 0.730. The van der Waals surface area contributed by atoms with Crippen LogP contribution < -0.4 is 5.32 Å². The number of benzene rings is 2. The number of para-hydroxylation sites is 1. The summed E-state index contributed by atoms with van der Waals surface area (Å²) in [6.45, 7) is 2.13. The predicted molar refractivity (Wildman–Crippen MR) is 103 cm³/mol. The zero-order chi connectivity index (χ0) is 19.3. The van der Waals surface area contributed by atoms with Crippen molar-refractivity contribution in [2.24, 2.45) is 5.92 Å². The van der Waals surface area contributed by atoms with E-state index < -0.39 is 0 Å². The monoisotopic (exact) mass is 380 g/mol. The SMILES string of the molecule is O=C(Nc1ccccc1)C1CCN(Cc2nc(-c3ccc(F)cc3)no2)CC1. The van der Waals surface area contributed by atoms with Gasteiger partial charge in [0.1, 0.15) is 5.82 Å². The van der Waals surface area contributed by atoms with Crippen LogP contribution >= 0.6 is 0 Å². The average molecular weight is 380 g/mol. The van der Waals surface area contributed by atoms with Crippen LogP contribution in [-0.2, 0) is 11.3 Å². The second kappa shape index (κ2) is 8.31. The van der Waals surface area contributed by atoms with Gasteiger partial charge in [-0.3, -0.25) is 9.69 Å². The van der Waals surface area contributed by atoms with Crippen molar-refractivity contribution in [3.63, 3.8) is 0 Å². The smallest absolute Gasteiger partial charge is 0.241 e. The fourth-order valence-electron chi connectivity index (χ4n) is 3.35. The lowest BCUT2D eigenvalue weighted by Crippen LogP contribution is -2.37. The Bertz CT molecular complexity index is 919. The van der Waals surface area contributed by atoms with E-state index >= 15 is 0 Å². The Balaban J connectivity index is 1.29. The predicted octanol–water partition coefficient (Wildman–Crippen LogP) is 3.73. The van der Waals surface area contributed by atoms with Crippen LogP contribution in [0.4, 0.5) is 10.1 Å². The Morgan fingerprint density at radius 2 is 1.82 bits per heavy atom. The largest absolute Gasteiger partial charge is 0.338 e. The molecule has 0 unspecified atom stereocenters. The number of nitrogens with one attached hydrogen (secondary N) is 1. The molecule has 7 heteroatoms. The molecule has 3 aromatic rings. The number of likely N-dealkylation sites (tertiary alicyclic amines) is 1. The molecule has 0 radical (unpaired) electrons. The Morgan fingerprint density at radius 1 is 1.11 bits per heavy atom. The van der Waals surface area contributed by atoms with E-state index in [0.29, 0.717) is 23.8 Å². The number of hydrogen-bond acceptors (Lipinski definition) is 5. The van der Waals surface area contributed by atoms with Gasteiger partial charge in [-0.05, 0) is 62.3 Å². The van der Waals surface area contributed by atoms with Gasteiger partial charge in [0.15, 0.2) is 0 Å². The summed E-state index contributed by atoms with van der Waals surface area (Å²) in [4.78, 5) is 19.0. The van der Waals surface area contributed by atoms with Crippen LogP contribution in [0.25, 0.3) is 11.4 Å². The molecule has 1 saturated heterocycles. The molecule has 0 saturated carbocycles. The number of nitrogens with zero attached hydrogens (tertiary/aromatic N) is 3. The van der Waals surface area contributed by atoms with E-state index in [9.17, 15) is 9.18 Å². The molecule has 1 aromatic heterocycles. The fourth-order valence-corrected chi connectivity index (χ4v) is 3.35. The summed E-state index contributed by atoms with van der Waals surface area (Å²) in [6.07, 6.45) is 1.58. The molecule has 4 rings (SSSR count). The average Bonchev–Trinajstić information content (AvgIpc) is 3.18. The van der Waals surface area contributed by atoms with E-state index in [4.69, 9.17) is 4.52 Å². The molecule has 28 heavy (non-hydrogen) atoms. The highest BCUT2D eigenvalue weighted by atomic mass is 19.1. The minimum atomic E-state index is -0.299.